The van der Waals surface area contributed by atoms with Gasteiger partial charge in [-0.2, -0.15) is 5.26 Å². The molecule has 1 N–H and O–H groups in total. The van der Waals surface area contributed by atoms with Crippen LogP contribution in [0.2, 0.25) is 0 Å². The number of nitrogens with zero attached hydrogens (tertiary/aromatic N) is 2. The zero-order valence-electron chi connectivity index (χ0n) is 6.65. The maximum Gasteiger partial charge on any atom is 0.0994 e. The molecule has 0 bridgehead atoms. The molecule has 1 aromatic carbocycles. The third kappa shape index (κ3) is 1.61. The van der Waals surface area contributed by atoms with Crippen molar-refractivity contribution >= 4 is 6.21 Å². The van der Waals surface area contributed by atoms with Gasteiger partial charge in [0.2, 0.25) is 0 Å². The fourth-order valence-corrected chi connectivity index (χ4v) is 0.959. The summed E-state index contributed by atoms with van der Waals surface area (Å²) in [6.07, 6.45) is 1.33. The van der Waals surface area contributed by atoms with E-state index < -0.39 is 0 Å². The van der Waals surface area contributed by atoms with Crippen molar-refractivity contribution in [2.75, 3.05) is 0 Å². The standard InChI is InChI=1S/C9H8N2O/c1-7-4-8(6-11-12)2-3-9(7)5-10/h2-4,6,12H,1H3/b11-6-. The van der Waals surface area contributed by atoms with Gasteiger partial charge in [-0.25, -0.2) is 0 Å². The highest BCUT2D eigenvalue weighted by molar-refractivity contribution is 5.79. The van der Waals surface area contributed by atoms with Crippen molar-refractivity contribution in [3.8, 4) is 6.07 Å². The van der Waals surface area contributed by atoms with Crippen LogP contribution in [0.25, 0.3) is 0 Å². The summed E-state index contributed by atoms with van der Waals surface area (Å²) in [5.41, 5.74) is 2.31. The number of hydrogen-bond acceptors (Lipinski definition) is 3. The van der Waals surface area contributed by atoms with Crippen LogP contribution in [0.5, 0.6) is 0 Å². The van der Waals surface area contributed by atoms with Crippen LogP contribution in [0.3, 0.4) is 0 Å². The molecular formula is C9H8N2O. The smallest absolute Gasteiger partial charge is 0.0994 e. The quantitative estimate of drug-likeness (QED) is 0.386. The molecule has 0 saturated heterocycles. The molecule has 60 valence electrons. The van der Waals surface area contributed by atoms with Crippen LogP contribution in [0.4, 0.5) is 0 Å². The molecule has 12 heavy (non-hydrogen) atoms. The van der Waals surface area contributed by atoms with Gasteiger partial charge >= 0.3 is 0 Å². The molecule has 0 aromatic heterocycles. The summed E-state index contributed by atoms with van der Waals surface area (Å²) in [6.45, 7) is 1.84. The van der Waals surface area contributed by atoms with Gasteiger partial charge < -0.3 is 5.21 Å². The van der Waals surface area contributed by atoms with Crippen LogP contribution < -0.4 is 0 Å². The Balaban J connectivity index is 3.12. The van der Waals surface area contributed by atoms with Crippen molar-refractivity contribution in [2.24, 2.45) is 5.16 Å². The molecular weight excluding hydrogens is 152 g/mol. The van der Waals surface area contributed by atoms with E-state index in [0.29, 0.717) is 5.56 Å². The Morgan fingerprint density at radius 2 is 2.33 bits per heavy atom. The van der Waals surface area contributed by atoms with Gasteiger partial charge in [-0.1, -0.05) is 11.2 Å². The number of benzene rings is 1. The van der Waals surface area contributed by atoms with E-state index in [1.54, 1.807) is 18.2 Å². The van der Waals surface area contributed by atoms with E-state index in [1.807, 2.05) is 6.92 Å². The highest BCUT2D eigenvalue weighted by Gasteiger charge is 1.96. The Kier molecular flexibility index (Phi) is 2.44. The molecule has 3 nitrogen and oxygen atoms in total. The van der Waals surface area contributed by atoms with Crippen LogP contribution in [-0.4, -0.2) is 11.4 Å². The van der Waals surface area contributed by atoms with Gasteiger partial charge in [0.1, 0.15) is 0 Å². The van der Waals surface area contributed by atoms with Gasteiger partial charge in [-0.3, -0.25) is 0 Å². The van der Waals surface area contributed by atoms with Gasteiger partial charge in [0.25, 0.3) is 0 Å². The highest BCUT2D eigenvalue weighted by Crippen LogP contribution is 2.08. The molecule has 0 radical (unpaired) electrons. The van der Waals surface area contributed by atoms with Gasteiger partial charge in [0.05, 0.1) is 17.8 Å². The lowest BCUT2D eigenvalue weighted by Crippen LogP contribution is -1.86. The number of rotatable bonds is 1. The number of oxime groups is 1. The van der Waals surface area contributed by atoms with E-state index >= 15 is 0 Å². The third-order valence-electron chi connectivity index (χ3n) is 1.58. The summed E-state index contributed by atoms with van der Waals surface area (Å²) in [5.74, 6) is 0. The second-order valence-corrected chi connectivity index (χ2v) is 2.43. The lowest BCUT2D eigenvalue weighted by molar-refractivity contribution is 0.322. The zero-order valence-corrected chi connectivity index (χ0v) is 6.65. The van der Waals surface area contributed by atoms with Crippen molar-refractivity contribution in [1.82, 2.24) is 0 Å². The van der Waals surface area contributed by atoms with E-state index in [4.69, 9.17) is 10.5 Å². The second-order valence-electron chi connectivity index (χ2n) is 2.43. The molecule has 0 heterocycles. The minimum Gasteiger partial charge on any atom is -0.411 e. The topological polar surface area (TPSA) is 56.4 Å². The molecule has 1 rings (SSSR count). The van der Waals surface area contributed by atoms with Crippen LogP contribution in [0.15, 0.2) is 23.4 Å². The predicted octanol–water partition coefficient (Wildman–Crippen LogP) is 1.67. The van der Waals surface area contributed by atoms with E-state index in [0.717, 1.165) is 11.1 Å². The van der Waals surface area contributed by atoms with Gasteiger partial charge in [-0.15, -0.1) is 0 Å². The maximum absolute atomic E-state index is 8.61. The average molecular weight is 160 g/mol. The molecule has 0 amide bonds. The van der Waals surface area contributed by atoms with Crippen molar-refractivity contribution in [3.05, 3.63) is 34.9 Å². The third-order valence-corrected chi connectivity index (χ3v) is 1.58. The van der Waals surface area contributed by atoms with Crippen molar-refractivity contribution in [2.45, 2.75) is 6.92 Å². The van der Waals surface area contributed by atoms with Crippen LogP contribution in [-0.2, 0) is 0 Å². The molecule has 1 aromatic rings. The number of nitriles is 1. The summed E-state index contributed by atoms with van der Waals surface area (Å²) in [4.78, 5) is 0. The predicted molar refractivity (Wildman–Crippen MR) is 45.3 cm³/mol. The van der Waals surface area contributed by atoms with Gasteiger partial charge in [0, 0.05) is 0 Å². The maximum atomic E-state index is 8.61. The summed E-state index contributed by atoms with van der Waals surface area (Å²) < 4.78 is 0. The van der Waals surface area contributed by atoms with E-state index in [9.17, 15) is 0 Å². The first-order valence-corrected chi connectivity index (χ1v) is 3.46. The number of aryl methyl sites for hydroxylation is 1. The minimum absolute atomic E-state index is 0.644. The molecule has 0 aliphatic heterocycles. The van der Waals surface area contributed by atoms with Crippen LogP contribution >= 0.6 is 0 Å². The molecule has 0 saturated carbocycles. The molecule has 0 atom stereocenters. The largest absolute Gasteiger partial charge is 0.411 e. The second kappa shape index (κ2) is 3.54. The fraction of sp³-hybridized carbons (Fsp3) is 0.111. The summed E-state index contributed by atoms with van der Waals surface area (Å²) in [5, 5.41) is 19.7. The molecule has 0 aliphatic carbocycles. The first kappa shape index (κ1) is 8.28. The first-order chi connectivity index (χ1) is 5.77. The van der Waals surface area contributed by atoms with Crippen molar-refractivity contribution < 1.29 is 5.21 Å². The zero-order chi connectivity index (χ0) is 8.97. The van der Waals surface area contributed by atoms with Crippen molar-refractivity contribution in [3.63, 3.8) is 0 Å². The van der Waals surface area contributed by atoms with Crippen molar-refractivity contribution in [1.29, 1.82) is 5.26 Å². The molecule has 0 fully saturated rings. The molecule has 0 spiro atoms. The molecule has 3 heteroatoms. The first-order valence-electron chi connectivity index (χ1n) is 3.46. The Hall–Kier alpha value is -1.82. The summed E-state index contributed by atoms with van der Waals surface area (Å²) >= 11 is 0. The number of hydrogen-bond donors (Lipinski definition) is 1. The van der Waals surface area contributed by atoms with Gasteiger partial charge in [0.15, 0.2) is 0 Å². The average Bonchev–Trinajstić information content (AvgIpc) is 2.05. The minimum atomic E-state index is 0.644. The monoisotopic (exact) mass is 160 g/mol. The summed E-state index contributed by atoms with van der Waals surface area (Å²) in [6, 6.07) is 7.28. The summed E-state index contributed by atoms with van der Waals surface area (Å²) in [7, 11) is 0. The Labute approximate surface area is 70.6 Å². The Morgan fingerprint density at radius 1 is 1.58 bits per heavy atom. The Morgan fingerprint density at radius 3 is 2.83 bits per heavy atom. The lowest BCUT2D eigenvalue weighted by atomic mass is 10.1. The van der Waals surface area contributed by atoms with E-state index in [-0.39, 0.29) is 0 Å². The van der Waals surface area contributed by atoms with E-state index in [2.05, 4.69) is 11.2 Å². The van der Waals surface area contributed by atoms with Crippen LogP contribution in [0.1, 0.15) is 16.7 Å². The SMILES string of the molecule is Cc1cc(/C=N\O)ccc1C#N. The normalized spacial score (nSPS) is 10.0. The lowest BCUT2D eigenvalue weighted by Gasteiger charge is -1.96. The fourth-order valence-electron chi connectivity index (χ4n) is 0.959. The van der Waals surface area contributed by atoms with Crippen LogP contribution in [0, 0.1) is 18.3 Å². The highest BCUT2D eigenvalue weighted by atomic mass is 16.4. The van der Waals surface area contributed by atoms with Gasteiger partial charge in [-0.05, 0) is 30.2 Å². The molecule has 0 unspecified atom stereocenters. The Bertz CT molecular complexity index is 350. The van der Waals surface area contributed by atoms with E-state index in [1.165, 1.54) is 6.21 Å². The molecule has 0 aliphatic rings.